The average Bonchev–Trinajstić information content (AvgIpc) is 2.70. The van der Waals surface area contributed by atoms with Crippen LogP contribution in [0.5, 0.6) is 5.75 Å². The first-order valence-electron chi connectivity index (χ1n) is 8.81. The van der Waals surface area contributed by atoms with Crippen LogP contribution in [0.3, 0.4) is 0 Å². The first-order valence-corrected chi connectivity index (χ1v) is 10.1. The summed E-state index contributed by atoms with van der Waals surface area (Å²) in [6.07, 6.45) is 10.4. The lowest BCUT2D eigenvalue weighted by atomic mass is 10.1. The zero-order chi connectivity index (χ0) is 21.4. The first kappa shape index (κ1) is 22.5. The van der Waals surface area contributed by atoms with Crippen molar-refractivity contribution in [1.82, 2.24) is 10.3 Å². The van der Waals surface area contributed by atoms with E-state index in [1.54, 1.807) is 26.5 Å². The predicted octanol–water partition coefficient (Wildman–Crippen LogP) is 2.75. The zero-order valence-electron chi connectivity index (χ0n) is 17.2. The zero-order valence-corrected chi connectivity index (χ0v) is 18.0. The molecule has 1 aromatic heterocycles. The fourth-order valence-corrected chi connectivity index (χ4v) is 3.27. The summed E-state index contributed by atoms with van der Waals surface area (Å²) in [7, 11) is 2.98. The number of terminal acetylenes is 1. The van der Waals surface area contributed by atoms with Crippen LogP contribution >= 0.6 is 11.8 Å². The van der Waals surface area contributed by atoms with Crippen molar-refractivity contribution in [3.63, 3.8) is 0 Å². The summed E-state index contributed by atoms with van der Waals surface area (Å²) in [5.74, 6) is 2.82. The highest BCUT2D eigenvalue weighted by atomic mass is 32.2. The van der Waals surface area contributed by atoms with E-state index >= 15 is 0 Å². The minimum absolute atomic E-state index is 0.225. The number of aromatic nitrogens is 1. The number of hydrogen-bond donors (Lipinski definition) is 1. The highest BCUT2D eigenvalue weighted by Gasteiger charge is 2.30. The summed E-state index contributed by atoms with van der Waals surface area (Å²) in [5.41, 5.74) is 0.829. The van der Waals surface area contributed by atoms with E-state index < -0.39 is 11.0 Å². The third-order valence-corrected chi connectivity index (χ3v) is 4.82. The number of oxime groups is 1. The molecule has 0 radical (unpaired) electrons. The second kappa shape index (κ2) is 10.1. The Bertz CT molecular complexity index is 941. The molecule has 0 saturated carbocycles. The first-order chi connectivity index (χ1) is 13.9. The van der Waals surface area contributed by atoms with Gasteiger partial charge in [-0.3, -0.25) is 9.78 Å². The number of thioether (sulfide) groups is 1. The third-order valence-electron chi connectivity index (χ3n) is 4.08. The van der Waals surface area contributed by atoms with E-state index in [1.165, 1.54) is 25.1 Å². The van der Waals surface area contributed by atoms with Gasteiger partial charge in [0.25, 0.3) is 5.91 Å². The monoisotopic (exact) mass is 415 g/mol. The number of nitrogens with zero attached hydrogens (tertiary/aromatic N) is 2. The lowest BCUT2D eigenvalue weighted by molar-refractivity contribution is -0.126. The molecule has 2 atom stereocenters. The van der Waals surface area contributed by atoms with Gasteiger partial charge in [-0.25, -0.2) is 0 Å². The van der Waals surface area contributed by atoms with Crippen molar-refractivity contribution in [3.8, 4) is 18.1 Å². The highest BCUT2D eigenvalue weighted by molar-refractivity contribution is 7.99. The Hall–Kier alpha value is -2.76. The molecule has 7 nitrogen and oxygen atoms in total. The summed E-state index contributed by atoms with van der Waals surface area (Å²) in [6.45, 7) is 3.94. The summed E-state index contributed by atoms with van der Waals surface area (Å²) in [6, 6.07) is 5.54. The van der Waals surface area contributed by atoms with Crippen molar-refractivity contribution in [1.29, 1.82) is 0 Å². The summed E-state index contributed by atoms with van der Waals surface area (Å²) in [5, 5.41) is 7.50. The van der Waals surface area contributed by atoms with Crippen LogP contribution in [-0.2, 0) is 14.4 Å². The van der Waals surface area contributed by atoms with E-state index in [4.69, 9.17) is 20.7 Å². The van der Waals surface area contributed by atoms with Crippen molar-refractivity contribution in [2.45, 2.75) is 24.8 Å². The molecule has 0 aliphatic heterocycles. The Morgan fingerprint density at radius 2 is 2.21 bits per heavy atom. The minimum Gasteiger partial charge on any atom is -0.470 e. The summed E-state index contributed by atoms with van der Waals surface area (Å²) < 4.78 is 11.2. The molecule has 0 saturated heterocycles. The minimum atomic E-state index is -0.843. The molecule has 154 valence electrons. The number of amides is 1. The van der Waals surface area contributed by atoms with Gasteiger partial charge in [0.1, 0.15) is 12.9 Å². The maximum atomic E-state index is 12.8. The molecule has 1 N–H and O–H groups in total. The topological polar surface area (TPSA) is 82.0 Å². The molecule has 1 amide bonds. The van der Waals surface area contributed by atoms with Crippen molar-refractivity contribution in [2.24, 2.45) is 5.16 Å². The molecular weight excluding hydrogens is 390 g/mol. The standard InChI is InChI=1S/C21H25N3O4S/c1-7-15-9-16-10-17(8-14(2)18(16)22-11-15)28-20(29-6)19(25)24-21(3,13-26-4)12-23-27-5/h1,8-12,20H,13H2,2-6H3,(H,24,25). The van der Waals surface area contributed by atoms with Gasteiger partial charge in [-0.1, -0.05) is 11.1 Å². The van der Waals surface area contributed by atoms with E-state index in [2.05, 4.69) is 21.4 Å². The van der Waals surface area contributed by atoms with Crippen LogP contribution in [0.4, 0.5) is 0 Å². The average molecular weight is 416 g/mol. The van der Waals surface area contributed by atoms with Crippen LogP contribution in [0.2, 0.25) is 0 Å². The number of benzene rings is 1. The predicted molar refractivity (Wildman–Crippen MR) is 116 cm³/mol. The molecule has 8 heteroatoms. The van der Waals surface area contributed by atoms with Crippen molar-refractivity contribution >= 4 is 34.8 Å². The summed E-state index contributed by atoms with van der Waals surface area (Å²) >= 11 is 1.28. The van der Waals surface area contributed by atoms with Crippen LogP contribution in [0.25, 0.3) is 10.9 Å². The Kier molecular flexibility index (Phi) is 7.88. The molecule has 0 fully saturated rings. The molecule has 29 heavy (non-hydrogen) atoms. The largest absolute Gasteiger partial charge is 0.470 e. The Morgan fingerprint density at radius 1 is 1.45 bits per heavy atom. The van der Waals surface area contributed by atoms with Crippen LogP contribution < -0.4 is 10.1 Å². The number of hydrogen-bond acceptors (Lipinski definition) is 7. The Balaban J connectivity index is 2.25. The van der Waals surface area contributed by atoms with E-state index in [9.17, 15) is 4.79 Å². The number of ether oxygens (including phenoxy) is 2. The van der Waals surface area contributed by atoms with E-state index in [-0.39, 0.29) is 12.5 Å². The SMILES string of the molecule is C#Cc1cnc2c(C)cc(OC(SC)C(=O)NC(C)(C=NOC)COC)cc2c1. The molecule has 2 rings (SSSR count). The third kappa shape index (κ3) is 5.86. The number of methoxy groups -OCH3 is 1. The fourth-order valence-electron chi connectivity index (χ4n) is 2.79. The molecule has 2 aromatic rings. The number of nitrogens with one attached hydrogen (secondary N) is 1. The molecule has 1 heterocycles. The van der Waals surface area contributed by atoms with Crippen molar-refractivity contribution in [2.75, 3.05) is 27.1 Å². The maximum absolute atomic E-state index is 12.8. The highest BCUT2D eigenvalue weighted by Crippen LogP contribution is 2.26. The van der Waals surface area contributed by atoms with Crippen molar-refractivity contribution in [3.05, 3.63) is 35.5 Å². The van der Waals surface area contributed by atoms with Gasteiger partial charge in [-0.15, -0.1) is 18.2 Å². The quantitative estimate of drug-likeness (QED) is 0.294. The van der Waals surface area contributed by atoms with Gasteiger partial charge in [0.2, 0.25) is 5.44 Å². The van der Waals surface area contributed by atoms with E-state index in [0.29, 0.717) is 11.3 Å². The van der Waals surface area contributed by atoms with Gasteiger partial charge < -0.3 is 19.6 Å². The van der Waals surface area contributed by atoms with Gasteiger partial charge in [-0.05, 0) is 43.9 Å². The molecule has 2 unspecified atom stereocenters. The van der Waals surface area contributed by atoms with Gasteiger partial charge in [0, 0.05) is 24.3 Å². The van der Waals surface area contributed by atoms with Crippen LogP contribution in [-0.4, -0.2) is 55.2 Å². The second-order valence-corrected chi connectivity index (χ2v) is 7.52. The van der Waals surface area contributed by atoms with Crippen LogP contribution in [0, 0.1) is 19.3 Å². The molecule has 0 bridgehead atoms. The number of rotatable bonds is 9. The number of fused-ring (bicyclic) bond motifs is 1. The molecule has 1 aromatic carbocycles. The summed E-state index contributed by atoms with van der Waals surface area (Å²) in [4.78, 5) is 22.0. The Morgan fingerprint density at radius 3 is 2.83 bits per heavy atom. The van der Waals surface area contributed by atoms with Gasteiger partial charge in [-0.2, -0.15) is 0 Å². The Labute approximate surface area is 175 Å². The number of pyridine rings is 1. The molecular formula is C21H25N3O4S. The van der Waals surface area contributed by atoms with Crippen LogP contribution in [0.1, 0.15) is 18.1 Å². The van der Waals surface area contributed by atoms with Gasteiger partial charge in [0.15, 0.2) is 0 Å². The number of carbonyl (C=O) groups is 1. The van der Waals surface area contributed by atoms with E-state index in [1.807, 2.05) is 25.1 Å². The maximum Gasteiger partial charge on any atom is 0.272 e. The fraction of sp³-hybridized carbons (Fsp3) is 0.381. The number of carbonyl (C=O) groups excluding carboxylic acids is 1. The van der Waals surface area contributed by atoms with Crippen molar-refractivity contribution < 1.29 is 19.1 Å². The molecule has 0 aliphatic rings. The smallest absolute Gasteiger partial charge is 0.272 e. The second-order valence-electron chi connectivity index (χ2n) is 6.62. The molecule has 0 aliphatic carbocycles. The lowest BCUT2D eigenvalue weighted by Crippen LogP contribution is -2.54. The van der Waals surface area contributed by atoms with E-state index in [0.717, 1.165) is 16.5 Å². The van der Waals surface area contributed by atoms with Crippen LogP contribution in [0.15, 0.2) is 29.6 Å². The van der Waals surface area contributed by atoms with Gasteiger partial charge >= 0.3 is 0 Å². The normalized spacial score (nSPS) is 14.2. The number of aryl methyl sites for hydroxylation is 1. The lowest BCUT2D eigenvalue weighted by Gasteiger charge is -2.27. The molecule has 0 spiro atoms. The van der Waals surface area contributed by atoms with Gasteiger partial charge in [0.05, 0.1) is 23.9 Å².